The lowest BCUT2D eigenvalue weighted by molar-refractivity contribution is -0.117. The van der Waals surface area contributed by atoms with Crippen molar-refractivity contribution in [3.05, 3.63) is 116 Å². The zero-order chi connectivity index (χ0) is 29.6. The number of aliphatic imine (C=N–C) groups is 1. The highest BCUT2D eigenvalue weighted by Gasteiger charge is 2.28. The standard InChI is InChI=1S/C34H37Cl2N5O/c1-4-8-28-23(2)40(3)21-27(28)22-41(31-13-6-11-26-12-7-15-38-33(26)31)20-25-10-5-9-24(17-25)18-39-34(42)32-29(35)14-16-37-19-30(32)36/h4-5,7-10,12,15-17,19,21,31H,6,11,13-14,18,20,22H2,1-3H3,(H,39,42)/b8-4-. The molecule has 8 heteroatoms. The van der Waals surface area contributed by atoms with Gasteiger partial charge in [0.15, 0.2) is 0 Å². The number of nitrogens with one attached hydrogen (secondary N) is 1. The average molecular weight is 603 g/mol. The van der Waals surface area contributed by atoms with E-state index in [1.807, 2.05) is 18.3 Å². The highest BCUT2D eigenvalue weighted by Crippen LogP contribution is 2.36. The van der Waals surface area contributed by atoms with Crippen LogP contribution in [0.15, 0.2) is 81.7 Å². The Morgan fingerprint density at radius 3 is 2.86 bits per heavy atom. The smallest absolute Gasteiger partial charge is 0.254 e. The lowest BCUT2D eigenvalue weighted by Crippen LogP contribution is -2.31. The minimum atomic E-state index is -0.306. The van der Waals surface area contributed by atoms with E-state index in [0.29, 0.717) is 18.0 Å². The maximum atomic E-state index is 13.0. The molecule has 1 atom stereocenters. The van der Waals surface area contributed by atoms with E-state index in [1.165, 1.54) is 39.8 Å². The molecule has 218 valence electrons. The molecule has 1 unspecified atom stereocenters. The first-order valence-corrected chi connectivity index (χ1v) is 15.2. The van der Waals surface area contributed by atoms with Crippen LogP contribution in [0.3, 0.4) is 0 Å². The van der Waals surface area contributed by atoms with Crippen molar-refractivity contribution in [3.63, 3.8) is 0 Å². The largest absolute Gasteiger partial charge is 0.354 e. The number of nitrogens with zero attached hydrogens (tertiary/aromatic N) is 4. The van der Waals surface area contributed by atoms with E-state index in [0.717, 1.165) is 37.9 Å². The topological polar surface area (TPSA) is 62.5 Å². The van der Waals surface area contributed by atoms with Gasteiger partial charge in [-0.1, -0.05) is 65.7 Å². The van der Waals surface area contributed by atoms with Crippen LogP contribution in [-0.2, 0) is 37.9 Å². The molecule has 6 nitrogen and oxygen atoms in total. The Morgan fingerprint density at radius 2 is 2.02 bits per heavy atom. The second kappa shape index (κ2) is 13.7. The van der Waals surface area contributed by atoms with Crippen molar-refractivity contribution < 1.29 is 4.79 Å². The van der Waals surface area contributed by atoms with E-state index in [2.05, 4.69) is 83.3 Å². The summed E-state index contributed by atoms with van der Waals surface area (Å²) < 4.78 is 2.21. The van der Waals surface area contributed by atoms with Gasteiger partial charge in [-0.3, -0.25) is 19.7 Å². The van der Waals surface area contributed by atoms with Crippen LogP contribution in [-0.4, -0.2) is 26.6 Å². The molecule has 2 aromatic heterocycles. The molecule has 5 rings (SSSR count). The summed E-state index contributed by atoms with van der Waals surface area (Å²) in [5, 5.41) is 3.61. The van der Waals surface area contributed by atoms with E-state index in [1.54, 1.807) is 6.21 Å². The normalized spacial score (nSPS) is 17.0. The van der Waals surface area contributed by atoms with Crippen molar-refractivity contribution in [2.45, 2.75) is 65.2 Å². The zero-order valence-corrected chi connectivity index (χ0v) is 25.9. The van der Waals surface area contributed by atoms with E-state index in [-0.39, 0.29) is 22.6 Å². The Labute approximate surface area is 258 Å². The summed E-state index contributed by atoms with van der Waals surface area (Å²) in [6.45, 7) is 6.17. The van der Waals surface area contributed by atoms with Gasteiger partial charge in [0.05, 0.1) is 22.3 Å². The molecule has 1 aliphatic carbocycles. The van der Waals surface area contributed by atoms with Gasteiger partial charge in [-0.15, -0.1) is 0 Å². The van der Waals surface area contributed by atoms with Gasteiger partial charge in [-0.2, -0.15) is 0 Å². The Balaban J connectivity index is 1.40. The number of halogens is 2. The fraction of sp³-hybridized carbons (Fsp3) is 0.324. The SMILES string of the molecule is C/C=C\c1c(CN(Cc2cccc(CNC(=O)C3=C(Cl)CC=NC=C3Cl)c2)C2CCCc3cccnc32)cn(C)c1C. The highest BCUT2D eigenvalue weighted by molar-refractivity contribution is 6.40. The Kier molecular flexibility index (Phi) is 9.78. The summed E-state index contributed by atoms with van der Waals surface area (Å²) in [5.41, 5.74) is 8.85. The van der Waals surface area contributed by atoms with E-state index in [9.17, 15) is 4.79 Å². The second-order valence-electron chi connectivity index (χ2n) is 10.9. The Bertz CT molecular complexity index is 1580. The number of fused-ring (bicyclic) bond motifs is 1. The van der Waals surface area contributed by atoms with Crippen molar-refractivity contribution in [2.75, 3.05) is 0 Å². The maximum absolute atomic E-state index is 13.0. The molecule has 1 aromatic carbocycles. The Morgan fingerprint density at radius 1 is 1.19 bits per heavy atom. The third-order valence-electron chi connectivity index (χ3n) is 8.06. The van der Waals surface area contributed by atoms with Gasteiger partial charge in [-0.25, -0.2) is 0 Å². The van der Waals surface area contributed by atoms with E-state index < -0.39 is 0 Å². The van der Waals surface area contributed by atoms with E-state index in [4.69, 9.17) is 28.2 Å². The number of aromatic nitrogens is 2. The number of carbonyl (C=O) groups is 1. The van der Waals surface area contributed by atoms with Crippen molar-refractivity contribution in [2.24, 2.45) is 12.0 Å². The maximum Gasteiger partial charge on any atom is 0.254 e. The monoisotopic (exact) mass is 601 g/mol. The first kappa shape index (κ1) is 30.0. The minimum absolute atomic E-state index is 0.220. The third-order valence-corrected chi connectivity index (χ3v) is 8.69. The predicted molar refractivity (Wildman–Crippen MR) is 172 cm³/mol. The molecule has 0 bridgehead atoms. The van der Waals surface area contributed by atoms with Gasteiger partial charge in [0.25, 0.3) is 5.91 Å². The number of carbonyl (C=O) groups excluding carboxylic acids is 1. The third kappa shape index (κ3) is 6.78. The number of rotatable bonds is 9. The van der Waals surface area contributed by atoms with Crippen LogP contribution in [0.5, 0.6) is 0 Å². The Hall–Kier alpha value is -3.45. The number of pyridine rings is 1. The molecule has 0 spiro atoms. The van der Waals surface area contributed by atoms with Gasteiger partial charge in [0.1, 0.15) is 0 Å². The number of aryl methyl sites for hydroxylation is 2. The summed E-state index contributed by atoms with van der Waals surface area (Å²) in [6, 6.07) is 12.9. The van der Waals surface area contributed by atoms with Gasteiger partial charge in [-0.05, 0) is 67.0 Å². The lowest BCUT2D eigenvalue weighted by Gasteiger charge is -2.35. The zero-order valence-electron chi connectivity index (χ0n) is 24.4. The van der Waals surface area contributed by atoms with Gasteiger partial charge in [0, 0.05) is 68.6 Å². The molecule has 0 fully saturated rings. The molecule has 1 amide bonds. The number of benzene rings is 1. The lowest BCUT2D eigenvalue weighted by atomic mass is 9.90. The molecule has 1 aliphatic heterocycles. The molecule has 0 saturated carbocycles. The number of allylic oxidation sites excluding steroid dienone is 2. The molecule has 0 saturated heterocycles. The van der Waals surface area contributed by atoms with E-state index >= 15 is 0 Å². The quantitative estimate of drug-likeness (QED) is 0.276. The van der Waals surface area contributed by atoms with Crippen molar-refractivity contribution in [3.8, 4) is 0 Å². The summed E-state index contributed by atoms with van der Waals surface area (Å²) in [5.74, 6) is -0.306. The molecule has 2 aliphatic rings. The fourth-order valence-corrected chi connectivity index (χ4v) is 6.46. The summed E-state index contributed by atoms with van der Waals surface area (Å²) in [7, 11) is 2.11. The van der Waals surface area contributed by atoms with Crippen LogP contribution >= 0.6 is 23.2 Å². The fourth-order valence-electron chi connectivity index (χ4n) is 5.90. The summed E-state index contributed by atoms with van der Waals surface area (Å²) in [4.78, 5) is 24.5. The highest BCUT2D eigenvalue weighted by atomic mass is 35.5. The molecular formula is C34H37Cl2N5O. The summed E-state index contributed by atoms with van der Waals surface area (Å²) in [6.07, 6.45) is 15.2. The second-order valence-corrected chi connectivity index (χ2v) is 11.8. The van der Waals surface area contributed by atoms with Gasteiger partial charge < -0.3 is 9.88 Å². The molecule has 3 aromatic rings. The van der Waals surface area contributed by atoms with Crippen LogP contribution in [0.2, 0.25) is 0 Å². The molecule has 1 N–H and O–H groups in total. The first-order valence-electron chi connectivity index (χ1n) is 14.4. The predicted octanol–water partition coefficient (Wildman–Crippen LogP) is 7.51. The van der Waals surface area contributed by atoms with Crippen molar-refractivity contribution >= 4 is 41.4 Å². The number of hydrogen-bond acceptors (Lipinski definition) is 4. The molecule has 3 heterocycles. The minimum Gasteiger partial charge on any atom is -0.354 e. The van der Waals surface area contributed by atoms with Crippen LogP contribution in [0.4, 0.5) is 0 Å². The molecular weight excluding hydrogens is 565 g/mol. The van der Waals surface area contributed by atoms with Gasteiger partial charge in [0.2, 0.25) is 0 Å². The van der Waals surface area contributed by atoms with Crippen LogP contribution < -0.4 is 5.32 Å². The van der Waals surface area contributed by atoms with Crippen LogP contribution in [0.1, 0.15) is 71.4 Å². The first-order chi connectivity index (χ1) is 20.4. The molecule has 0 radical (unpaired) electrons. The summed E-state index contributed by atoms with van der Waals surface area (Å²) >= 11 is 12.6. The van der Waals surface area contributed by atoms with Crippen LogP contribution in [0.25, 0.3) is 6.08 Å². The van der Waals surface area contributed by atoms with Crippen molar-refractivity contribution in [1.82, 2.24) is 19.8 Å². The molecule has 42 heavy (non-hydrogen) atoms. The van der Waals surface area contributed by atoms with Gasteiger partial charge >= 0.3 is 0 Å². The average Bonchev–Trinajstić information content (AvgIpc) is 3.13. The number of amides is 1. The van der Waals surface area contributed by atoms with Crippen LogP contribution in [0, 0.1) is 6.92 Å². The van der Waals surface area contributed by atoms with Crippen molar-refractivity contribution in [1.29, 1.82) is 0 Å². The number of hydrogen-bond donors (Lipinski definition) is 1.